The summed E-state index contributed by atoms with van der Waals surface area (Å²) in [4.78, 5) is 31.8. The van der Waals surface area contributed by atoms with Crippen LogP contribution in [0.15, 0.2) is 48.8 Å². The molecule has 0 saturated carbocycles. The van der Waals surface area contributed by atoms with Gasteiger partial charge in [-0.15, -0.1) is 0 Å². The van der Waals surface area contributed by atoms with Crippen LogP contribution in [0.25, 0.3) is 5.82 Å². The van der Waals surface area contributed by atoms with Crippen molar-refractivity contribution in [2.45, 2.75) is 19.8 Å². The number of rotatable bonds is 4. The number of likely N-dealkylation sites (tertiary alicyclic amines) is 1. The highest BCUT2D eigenvalue weighted by Crippen LogP contribution is 2.25. The van der Waals surface area contributed by atoms with Crippen molar-refractivity contribution in [1.82, 2.24) is 19.7 Å². The van der Waals surface area contributed by atoms with E-state index < -0.39 is 0 Å². The molecule has 3 heterocycles. The Kier molecular flexibility index (Phi) is 5.31. The van der Waals surface area contributed by atoms with Crippen molar-refractivity contribution in [3.05, 3.63) is 70.6 Å². The summed E-state index contributed by atoms with van der Waals surface area (Å²) in [6.07, 6.45) is 5.14. The van der Waals surface area contributed by atoms with E-state index in [1.807, 2.05) is 18.2 Å². The second-order valence-corrected chi connectivity index (χ2v) is 7.32. The van der Waals surface area contributed by atoms with Crippen molar-refractivity contribution in [2.24, 2.45) is 0 Å². The zero-order valence-corrected chi connectivity index (χ0v) is 16.7. The number of aromatic nitrogens is 3. The summed E-state index contributed by atoms with van der Waals surface area (Å²) in [5.41, 5.74) is 1.89. The van der Waals surface area contributed by atoms with E-state index in [2.05, 4.69) is 15.4 Å². The molecular formula is C21H20ClN5O2. The fourth-order valence-electron chi connectivity index (χ4n) is 3.43. The molecule has 3 aromatic rings. The standard InChI is InChI=1S/C21H20ClN5O2/c1-14-17(13-24-27(14)19-6-2-3-9-23-19)20(28)25-18-8-7-15(22)12-16(18)21(29)26-10-4-5-11-26/h2-3,6-9,12-13H,4-5,10-11H2,1H3,(H,25,28). The molecule has 0 unspecified atom stereocenters. The second-order valence-electron chi connectivity index (χ2n) is 6.89. The van der Waals surface area contributed by atoms with Crippen LogP contribution in [-0.2, 0) is 0 Å². The van der Waals surface area contributed by atoms with Gasteiger partial charge in [-0.1, -0.05) is 17.7 Å². The molecule has 0 aliphatic carbocycles. The molecule has 148 valence electrons. The first kappa shape index (κ1) is 19.1. The monoisotopic (exact) mass is 409 g/mol. The van der Waals surface area contributed by atoms with Crippen molar-refractivity contribution < 1.29 is 9.59 Å². The molecule has 1 N–H and O–H groups in total. The maximum atomic E-state index is 12.9. The van der Waals surface area contributed by atoms with E-state index >= 15 is 0 Å². The number of anilines is 1. The fraction of sp³-hybridized carbons (Fsp3) is 0.238. The van der Waals surface area contributed by atoms with E-state index in [0.29, 0.717) is 46.4 Å². The number of nitrogens with one attached hydrogen (secondary N) is 1. The van der Waals surface area contributed by atoms with Crippen molar-refractivity contribution in [3.63, 3.8) is 0 Å². The van der Waals surface area contributed by atoms with Gasteiger partial charge in [0.25, 0.3) is 11.8 Å². The molecule has 7 nitrogen and oxygen atoms in total. The minimum absolute atomic E-state index is 0.124. The third kappa shape index (κ3) is 3.86. The van der Waals surface area contributed by atoms with Crippen molar-refractivity contribution in [3.8, 4) is 5.82 Å². The third-order valence-electron chi connectivity index (χ3n) is 4.97. The van der Waals surface area contributed by atoms with E-state index in [0.717, 1.165) is 12.8 Å². The molecule has 2 aromatic heterocycles. The Morgan fingerprint density at radius 1 is 1.10 bits per heavy atom. The van der Waals surface area contributed by atoms with Crippen LogP contribution in [0.1, 0.15) is 39.3 Å². The first-order valence-corrected chi connectivity index (χ1v) is 9.78. The molecule has 1 aliphatic heterocycles. The van der Waals surface area contributed by atoms with Crippen LogP contribution in [0, 0.1) is 6.92 Å². The Bertz CT molecular complexity index is 1060. The molecule has 0 bridgehead atoms. The lowest BCUT2D eigenvalue weighted by Gasteiger charge is -2.18. The van der Waals surface area contributed by atoms with Crippen LogP contribution < -0.4 is 5.32 Å². The molecule has 29 heavy (non-hydrogen) atoms. The molecular weight excluding hydrogens is 390 g/mol. The predicted molar refractivity (Wildman–Crippen MR) is 111 cm³/mol. The first-order chi connectivity index (χ1) is 14.0. The lowest BCUT2D eigenvalue weighted by atomic mass is 10.1. The van der Waals surface area contributed by atoms with Crippen LogP contribution in [-0.4, -0.2) is 44.6 Å². The summed E-state index contributed by atoms with van der Waals surface area (Å²) in [5, 5.41) is 7.57. The maximum Gasteiger partial charge on any atom is 0.259 e. The molecule has 1 saturated heterocycles. The molecule has 4 rings (SSSR count). The fourth-order valence-corrected chi connectivity index (χ4v) is 3.60. The lowest BCUT2D eigenvalue weighted by Crippen LogP contribution is -2.29. The zero-order valence-electron chi connectivity index (χ0n) is 15.9. The lowest BCUT2D eigenvalue weighted by molar-refractivity contribution is 0.0794. The van der Waals surface area contributed by atoms with E-state index in [1.54, 1.807) is 40.9 Å². The smallest absolute Gasteiger partial charge is 0.259 e. The van der Waals surface area contributed by atoms with Gasteiger partial charge in [0, 0.05) is 24.3 Å². The maximum absolute atomic E-state index is 12.9. The summed E-state index contributed by atoms with van der Waals surface area (Å²) in [7, 11) is 0. The number of carbonyl (C=O) groups excluding carboxylic acids is 2. The van der Waals surface area contributed by atoms with Gasteiger partial charge in [0.1, 0.15) is 0 Å². The number of carbonyl (C=O) groups is 2. The third-order valence-corrected chi connectivity index (χ3v) is 5.21. The quantitative estimate of drug-likeness (QED) is 0.712. The van der Waals surface area contributed by atoms with Crippen LogP contribution in [0.4, 0.5) is 5.69 Å². The zero-order chi connectivity index (χ0) is 20.4. The minimum atomic E-state index is -0.345. The molecule has 2 amide bonds. The van der Waals surface area contributed by atoms with Gasteiger partial charge in [0.2, 0.25) is 0 Å². The number of benzene rings is 1. The number of nitrogens with zero attached hydrogens (tertiary/aromatic N) is 4. The van der Waals surface area contributed by atoms with Crippen LogP contribution in [0.3, 0.4) is 0 Å². The summed E-state index contributed by atoms with van der Waals surface area (Å²) >= 11 is 6.11. The Hall–Kier alpha value is -3.19. The topological polar surface area (TPSA) is 80.1 Å². The van der Waals surface area contributed by atoms with Crippen molar-refractivity contribution in [2.75, 3.05) is 18.4 Å². The van der Waals surface area contributed by atoms with Gasteiger partial charge in [0.15, 0.2) is 5.82 Å². The first-order valence-electron chi connectivity index (χ1n) is 9.41. The number of hydrogen-bond donors (Lipinski definition) is 1. The summed E-state index contributed by atoms with van der Waals surface area (Å²) in [6, 6.07) is 10.4. The molecule has 1 fully saturated rings. The predicted octanol–water partition coefficient (Wildman–Crippen LogP) is 3.72. The number of amides is 2. The van der Waals surface area contributed by atoms with Crippen LogP contribution in [0.5, 0.6) is 0 Å². The second kappa shape index (κ2) is 8.05. The van der Waals surface area contributed by atoms with Crippen molar-refractivity contribution in [1.29, 1.82) is 0 Å². The average Bonchev–Trinajstić information content (AvgIpc) is 3.39. The molecule has 0 radical (unpaired) electrons. The summed E-state index contributed by atoms with van der Waals surface area (Å²) < 4.78 is 1.60. The SMILES string of the molecule is Cc1c(C(=O)Nc2ccc(Cl)cc2C(=O)N2CCCC2)cnn1-c1ccccn1. The Morgan fingerprint density at radius 2 is 1.90 bits per heavy atom. The van der Waals surface area contributed by atoms with Gasteiger partial charge in [-0.3, -0.25) is 9.59 Å². The molecule has 1 aliphatic rings. The van der Waals surface area contributed by atoms with E-state index in [4.69, 9.17) is 11.6 Å². The van der Waals surface area contributed by atoms with Crippen molar-refractivity contribution >= 4 is 29.1 Å². The van der Waals surface area contributed by atoms with Gasteiger partial charge in [0.05, 0.1) is 28.7 Å². The van der Waals surface area contributed by atoms with Gasteiger partial charge in [-0.05, 0) is 50.1 Å². The Balaban J connectivity index is 1.61. The van der Waals surface area contributed by atoms with Gasteiger partial charge in [-0.2, -0.15) is 5.10 Å². The number of halogens is 1. The number of hydrogen-bond acceptors (Lipinski definition) is 4. The number of pyridine rings is 1. The highest BCUT2D eigenvalue weighted by Gasteiger charge is 2.24. The van der Waals surface area contributed by atoms with Crippen LogP contribution >= 0.6 is 11.6 Å². The highest BCUT2D eigenvalue weighted by atomic mass is 35.5. The molecule has 0 spiro atoms. The molecule has 8 heteroatoms. The average molecular weight is 410 g/mol. The van der Waals surface area contributed by atoms with E-state index in [-0.39, 0.29) is 11.8 Å². The van der Waals surface area contributed by atoms with Gasteiger partial charge >= 0.3 is 0 Å². The Morgan fingerprint density at radius 3 is 2.62 bits per heavy atom. The summed E-state index contributed by atoms with van der Waals surface area (Å²) in [5.74, 6) is 0.157. The molecule has 0 atom stereocenters. The van der Waals surface area contributed by atoms with Gasteiger partial charge < -0.3 is 10.2 Å². The molecule has 1 aromatic carbocycles. The highest BCUT2D eigenvalue weighted by molar-refractivity contribution is 6.31. The Labute approximate surface area is 173 Å². The minimum Gasteiger partial charge on any atom is -0.339 e. The van der Waals surface area contributed by atoms with Crippen LogP contribution in [0.2, 0.25) is 5.02 Å². The van der Waals surface area contributed by atoms with E-state index in [1.165, 1.54) is 6.20 Å². The summed E-state index contributed by atoms with van der Waals surface area (Å²) in [6.45, 7) is 3.23. The van der Waals surface area contributed by atoms with E-state index in [9.17, 15) is 9.59 Å². The normalized spacial score (nSPS) is 13.5. The largest absolute Gasteiger partial charge is 0.339 e. The van der Waals surface area contributed by atoms with Gasteiger partial charge in [-0.25, -0.2) is 9.67 Å².